The molecule has 98 valence electrons. The molecular formula is C14H18O3S. The highest BCUT2D eigenvalue weighted by Gasteiger charge is 2.31. The molecule has 0 spiro atoms. The van der Waals surface area contributed by atoms with Crippen LogP contribution in [0.5, 0.6) is 0 Å². The second-order valence-electron chi connectivity index (χ2n) is 4.84. The van der Waals surface area contributed by atoms with Gasteiger partial charge in [-0.25, -0.2) is 4.79 Å². The third-order valence-electron chi connectivity index (χ3n) is 3.21. The SMILES string of the molecule is COC(=O)C(C)(O)CSc1ccc2c(c1)CCC2. The van der Waals surface area contributed by atoms with Crippen LogP contribution in [-0.4, -0.2) is 29.5 Å². The van der Waals surface area contributed by atoms with Crippen LogP contribution in [0.25, 0.3) is 0 Å². The Kier molecular flexibility index (Phi) is 3.97. The van der Waals surface area contributed by atoms with Gasteiger partial charge in [0.25, 0.3) is 0 Å². The molecule has 0 aromatic heterocycles. The number of carbonyl (C=O) groups is 1. The average molecular weight is 266 g/mol. The van der Waals surface area contributed by atoms with Gasteiger partial charge in [-0.15, -0.1) is 11.8 Å². The minimum atomic E-state index is -1.43. The summed E-state index contributed by atoms with van der Waals surface area (Å²) in [7, 11) is 1.29. The van der Waals surface area contributed by atoms with Crippen LogP contribution in [0.2, 0.25) is 0 Å². The Bertz CT molecular complexity index is 454. The third kappa shape index (κ3) is 2.87. The van der Waals surface area contributed by atoms with Crippen LogP contribution in [0.15, 0.2) is 23.1 Å². The van der Waals surface area contributed by atoms with E-state index in [1.165, 1.54) is 49.8 Å². The Morgan fingerprint density at radius 1 is 1.44 bits per heavy atom. The van der Waals surface area contributed by atoms with Crippen molar-refractivity contribution in [3.05, 3.63) is 29.3 Å². The van der Waals surface area contributed by atoms with E-state index in [9.17, 15) is 9.90 Å². The fourth-order valence-corrected chi connectivity index (χ4v) is 3.10. The summed E-state index contributed by atoms with van der Waals surface area (Å²) < 4.78 is 4.58. The number of esters is 1. The Hall–Kier alpha value is -1.00. The summed E-state index contributed by atoms with van der Waals surface area (Å²) in [5.74, 6) is -0.283. The minimum Gasteiger partial charge on any atom is -0.467 e. The fraction of sp³-hybridized carbons (Fsp3) is 0.500. The third-order valence-corrected chi connectivity index (χ3v) is 4.51. The van der Waals surface area contributed by atoms with Gasteiger partial charge in [0, 0.05) is 10.6 Å². The summed E-state index contributed by atoms with van der Waals surface area (Å²) in [5.41, 5.74) is 1.40. The van der Waals surface area contributed by atoms with Crippen molar-refractivity contribution >= 4 is 17.7 Å². The number of aliphatic hydroxyl groups is 1. The van der Waals surface area contributed by atoms with Gasteiger partial charge < -0.3 is 9.84 Å². The number of hydrogen-bond acceptors (Lipinski definition) is 4. The number of ether oxygens (including phenoxy) is 1. The zero-order valence-electron chi connectivity index (χ0n) is 10.7. The molecule has 1 aromatic rings. The number of carbonyl (C=O) groups excluding carboxylic acids is 1. The molecule has 0 heterocycles. The number of aryl methyl sites for hydroxylation is 2. The first-order valence-corrected chi connectivity index (χ1v) is 7.07. The van der Waals surface area contributed by atoms with E-state index in [1.807, 2.05) is 0 Å². The van der Waals surface area contributed by atoms with Crippen molar-refractivity contribution in [1.29, 1.82) is 0 Å². The van der Waals surface area contributed by atoms with E-state index < -0.39 is 11.6 Å². The number of fused-ring (bicyclic) bond motifs is 1. The summed E-state index contributed by atoms with van der Waals surface area (Å²) in [6.07, 6.45) is 3.53. The van der Waals surface area contributed by atoms with Crippen molar-refractivity contribution in [3.8, 4) is 0 Å². The van der Waals surface area contributed by atoms with Crippen LogP contribution in [-0.2, 0) is 22.4 Å². The van der Waals surface area contributed by atoms with Crippen LogP contribution < -0.4 is 0 Å². The van der Waals surface area contributed by atoms with Gasteiger partial charge in [0.1, 0.15) is 0 Å². The molecule has 0 saturated carbocycles. The Balaban J connectivity index is 2.00. The van der Waals surface area contributed by atoms with E-state index in [0.29, 0.717) is 5.75 Å². The van der Waals surface area contributed by atoms with Crippen molar-refractivity contribution in [1.82, 2.24) is 0 Å². The second kappa shape index (κ2) is 5.33. The molecule has 1 N–H and O–H groups in total. The minimum absolute atomic E-state index is 0.304. The van der Waals surface area contributed by atoms with Gasteiger partial charge >= 0.3 is 5.97 Å². The van der Waals surface area contributed by atoms with Crippen LogP contribution in [0.3, 0.4) is 0 Å². The monoisotopic (exact) mass is 266 g/mol. The fourth-order valence-electron chi connectivity index (χ4n) is 2.14. The molecule has 1 unspecified atom stereocenters. The van der Waals surface area contributed by atoms with Gasteiger partial charge in [0.05, 0.1) is 7.11 Å². The Morgan fingerprint density at radius 3 is 2.89 bits per heavy atom. The van der Waals surface area contributed by atoms with E-state index in [4.69, 9.17) is 0 Å². The summed E-state index contributed by atoms with van der Waals surface area (Å²) in [6, 6.07) is 6.38. The molecule has 0 fully saturated rings. The highest BCUT2D eigenvalue weighted by atomic mass is 32.2. The van der Waals surface area contributed by atoms with Crippen LogP contribution in [0, 0.1) is 0 Å². The van der Waals surface area contributed by atoms with Gasteiger partial charge in [-0.1, -0.05) is 6.07 Å². The van der Waals surface area contributed by atoms with Gasteiger partial charge in [-0.2, -0.15) is 0 Å². The maximum Gasteiger partial charge on any atom is 0.338 e. The smallest absolute Gasteiger partial charge is 0.338 e. The topological polar surface area (TPSA) is 46.5 Å². The molecule has 0 saturated heterocycles. The first-order valence-electron chi connectivity index (χ1n) is 6.08. The number of hydrogen-bond donors (Lipinski definition) is 1. The first-order chi connectivity index (χ1) is 8.53. The van der Waals surface area contributed by atoms with E-state index in [1.54, 1.807) is 0 Å². The quantitative estimate of drug-likeness (QED) is 0.670. The standard InChI is InChI=1S/C14H18O3S/c1-14(16,13(15)17-2)9-18-12-7-6-10-4-3-5-11(10)8-12/h6-8,16H,3-5,9H2,1-2H3. The normalized spacial score (nSPS) is 17.1. The zero-order valence-corrected chi connectivity index (χ0v) is 11.5. The van der Waals surface area contributed by atoms with Gasteiger partial charge in [0.2, 0.25) is 0 Å². The van der Waals surface area contributed by atoms with Gasteiger partial charge in [-0.05, 0) is 49.4 Å². The lowest BCUT2D eigenvalue weighted by atomic mass is 10.1. The molecular weight excluding hydrogens is 248 g/mol. The molecule has 0 amide bonds. The lowest BCUT2D eigenvalue weighted by molar-refractivity contribution is -0.158. The lowest BCUT2D eigenvalue weighted by Gasteiger charge is -2.19. The summed E-state index contributed by atoms with van der Waals surface area (Å²) >= 11 is 1.49. The van der Waals surface area contributed by atoms with Gasteiger partial charge in [-0.3, -0.25) is 0 Å². The Labute approximate surface area is 112 Å². The predicted octanol–water partition coefficient (Wildman–Crippen LogP) is 2.19. The molecule has 1 aliphatic rings. The molecule has 18 heavy (non-hydrogen) atoms. The largest absolute Gasteiger partial charge is 0.467 e. The number of thioether (sulfide) groups is 1. The molecule has 0 radical (unpaired) electrons. The first kappa shape index (κ1) is 13.4. The summed E-state index contributed by atoms with van der Waals surface area (Å²) in [4.78, 5) is 12.5. The summed E-state index contributed by atoms with van der Waals surface area (Å²) in [5, 5.41) is 9.94. The second-order valence-corrected chi connectivity index (χ2v) is 5.89. The predicted molar refractivity (Wildman–Crippen MR) is 71.8 cm³/mol. The van der Waals surface area contributed by atoms with Crippen LogP contribution in [0.4, 0.5) is 0 Å². The van der Waals surface area contributed by atoms with Crippen LogP contribution >= 0.6 is 11.8 Å². The summed E-state index contributed by atoms with van der Waals surface area (Å²) in [6.45, 7) is 1.49. The van der Waals surface area contributed by atoms with Crippen molar-refractivity contribution in [2.75, 3.05) is 12.9 Å². The van der Waals surface area contributed by atoms with Crippen molar-refractivity contribution in [2.45, 2.75) is 36.7 Å². The highest BCUT2D eigenvalue weighted by Crippen LogP contribution is 2.29. The zero-order chi connectivity index (χ0) is 13.2. The molecule has 1 atom stereocenters. The molecule has 1 aliphatic carbocycles. The maximum atomic E-state index is 11.4. The average Bonchev–Trinajstić information content (AvgIpc) is 2.82. The molecule has 0 aliphatic heterocycles. The Morgan fingerprint density at radius 2 is 2.17 bits per heavy atom. The van der Waals surface area contributed by atoms with E-state index in [2.05, 4.69) is 22.9 Å². The number of rotatable bonds is 4. The molecule has 0 bridgehead atoms. The van der Waals surface area contributed by atoms with Crippen LogP contribution in [0.1, 0.15) is 24.5 Å². The van der Waals surface area contributed by atoms with Crippen molar-refractivity contribution in [3.63, 3.8) is 0 Å². The van der Waals surface area contributed by atoms with E-state index >= 15 is 0 Å². The molecule has 4 heteroatoms. The lowest BCUT2D eigenvalue weighted by Crippen LogP contribution is -2.38. The molecule has 1 aromatic carbocycles. The van der Waals surface area contributed by atoms with Crippen molar-refractivity contribution < 1.29 is 14.6 Å². The highest BCUT2D eigenvalue weighted by molar-refractivity contribution is 7.99. The van der Waals surface area contributed by atoms with Crippen molar-refractivity contribution in [2.24, 2.45) is 0 Å². The molecule has 2 rings (SSSR count). The van der Waals surface area contributed by atoms with E-state index in [-0.39, 0.29) is 0 Å². The van der Waals surface area contributed by atoms with E-state index in [0.717, 1.165) is 11.3 Å². The maximum absolute atomic E-state index is 11.4. The van der Waals surface area contributed by atoms with Gasteiger partial charge in [0.15, 0.2) is 5.60 Å². The molecule has 3 nitrogen and oxygen atoms in total. The number of methoxy groups -OCH3 is 1. The number of benzene rings is 1.